The van der Waals surface area contributed by atoms with Gasteiger partial charge in [0.1, 0.15) is 5.75 Å². The first-order valence-corrected chi connectivity index (χ1v) is 7.82. The first-order chi connectivity index (χ1) is 8.58. The van der Waals surface area contributed by atoms with E-state index in [0.29, 0.717) is 22.5 Å². The van der Waals surface area contributed by atoms with Crippen LogP contribution in [-0.2, 0) is 0 Å². The second-order valence-electron chi connectivity index (χ2n) is 4.13. The van der Waals surface area contributed by atoms with Crippen molar-refractivity contribution >= 4 is 37.8 Å². The molecule has 0 bridgehead atoms. The number of carbonyl (C=O) groups is 1. The van der Waals surface area contributed by atoms with Crippen LogP contribution >= 0.6 is 31.9 Å². The topological polar surface area (TPSA) is 49.3 Å². The Hall–Kier alpha value is -0.550. The molecule has 0 radical (unpaired) electrons. The number of halogens is 2. The van der Waals surface area contributed by atoms with Gasteiger partial charge in [-0.3, -0.25) is 4.79 Å². The fourth-order valence-electron chi connectivity index (χ4n) is 1.60. The number of phenolic OH excluding ortho intramolecular Hbond substituents is 1. The summed E-state index contributed by atoms with van der Waals surface area (Å²) in [4.78, 5) is 11.9. The summed E-state index contributed by atoms with van der Waals surface area (Å²) in [5, 5.41) is 13.4. The molecule has 0 aliphatic heterocycles. The predicted octanol–water partition coefficient (Wildman–Crippen LogP) is 3.70. The van der Waals surface area contributed by atoms with Gasteiger partial charge < -0.3 is 10.4 Å². The zero-order chi connectivity index (χ0) is 13.5. The molecule has 1 aromatic carbocycles. The molecule has 0 heterocycles. The normalized spacial score (nSPS) is 12.2. The maximum Gasteiger partial charge on any atom is 0.251 e. The number of hydrogen-bond acceptors (Lipinski definition) is 2. The average Bonchev–Trinajstić information content (AvgIpc) is 2.37. The summed E-state index contributed by atoms with van der Waals surface area (Å²) in [7, 11) is 0. The molecule has 1 aromatic rings. The van der Waals surface area contributed by atoms with Gasteiger partial charge in [0.2, 0.25) is 0 Å². The van der Waals surface area contributed by atoms with Crippen LogP contribution in [0.3, 0.4) is 0 Å². The van der Waals surface area contributed by atoms with Gasteiger partial charge in [0, 0.05) is 17.4 Å². The quantitative estimate of drug-likeness (QED) is 0.741. The van der Waals surface area contributed by atoms with E-state index in [4.69, 9.17) is 0 Å². The number of alkyl halides is 1. The van der Waals surface area contributed by atoms with Crippen LogP contribution in [0.15, 0.2) is 22.7 Å². The van der Waals surface area contributed by atoms with Gasteiger partial charge in [-0.15, -0.1) is 0 Å². The van der Waals surface area contributed by atoms with Crippen molar-refractivity contribution < 1.29 is 9.90 Å². The van der Waals surface area contributed by atoms with Crippen LogP contribution in [0.5, 0.6) is 5.75 Å². The van der Waals surface area contributed by atoms with Gasteiger partial charge >= 0.3 is 0 Å². The number of aromatic hydroxyl groups is 1. The summed E-state index contributed by atoms with van der Waals surface area (Å²) in [6.45, 7) is 2.78. The molecule has 1 amide bonds. The Kier molecular flexibility index (Phi) is 6.71. The zero-order valence-electron chi connectivity index (χ0n) is 10.2. The molecule has 18 heavy (non-hydrogen) atoms. The third-order valence-electron chi connectivity index (χ3n) is 2.85. The molecule has 0 saturated carbocycles. The number of amides is 1. The molecule has 100 valence electrons. The van der Waals surface area contributed by atoms with Crippen molar-refractivity contribution in [3.05, 3.63) is 28.2 Å². The maximum absolute atomic E-state index is 11.9. The number of nitrogens with one attached hydrogen (secondary N) is 1. The van der Waals surface area contributed by atoms with Crippen molar-refractivity contribution in [1.82, 2.24) is 5.32 Å². The molecule has 3 nitrogen and oxygen atoms in total. The molecule has 0 aromatic heterocycles. The molecule has 0 saturated heterocycles. The summed E-state index contributed by atoms with van der Waals surface area (Å²) in [5.74, 6) is 0.415. The molecule has 2 N–H and O–H groups in total. The fourth-order valence-corrected chi connectivity index (χ4v) is 2.49. The van der Waals surface area contributed by atoms with E-state index in [1.807, 2.05) is 0 Å². The summed E-state index contributed by atoms with van der Waals surface area (Å²) in [5.41, 5.74) is 0.476. The number of carbonyl (C=O) groups excluding carboxylic acids is 1. The van der Waals surface area contributed by atoms with E-state index in [0.717, 1.165) is 18.2 Å². The van der Waals surface area contributed by atoms with Gasteiger partial charge in [0.05, 0.1) is 4.47 Å². The minimum atomic E-state index is -0.147. The van der Waals surface area contributed by atoms with Crippen molar-refractivity contribution in [2.24, 2.45) is 5.92 Å². The first kappa shape index (κ1) is 15.5. The molecule has 0 fully saturated rings. The van der Waals surface area contributed by atoms with Crippen molar-refractivity contribution in [2.75, 3.05) is 11.9 Å². The van der Waals surface area contributed by atoms with Crippen molar-refractivity contribution in [3.63, 3.8) is 0 Å². The highest BCUT2D eigenvalue weighted by Crippen LogP contribution is 2.24. The standard InChI is InChI=1S/C13H17Br2NO2/c1-2-9(5-6-14)8-16-13(18)10-3-4-11(15)12(17)7-10/h3-4,7,9,17H,2,5-6,8H2,1H3,(H,16,18). The Morgan fingerprint density at radius 3 is 2.78 bits per heavy atom. The van der Waals surface area contributed by atoms with E-state index in [-0.39, 0.29) is 11.7 Å². The lowest BCUT2D eigenvalue weighted by Crippen LogP contribution is -2.29. The molecule has 0 aliphatic rings. The molecule has 5 heteroatoms. The smallest absolute Gasteiger partial charge is 0.251 e. The van der Waals surface area contributed by atoms with Gasteiger partial charge in [-0.1, -0.05) is 29.3 Å². The zero-order valence-corrected chi connectivity index (χ0v) is 13.4. The monoisotopic (exact) mass is 377 g/mol. The van der Waals surface area contributed by atoms with E-state index >= 15 is 0 Å². The van der Waals surface area contributed by atoms with Gasteiger partial charge in [-0.05, 0) is 46.5 Å². The van der Waals surface area contributed by atoms with Gasteiger partial charge in [0.25, 0.3) is 5.91 Å². The summed E-state index contributed by atoms with van der Waals surface area (Å²) < 4.78 is 0.588. The van der Waals surface area contributed by atoms with Gasteiger partial charge in [-0.2, -0.15) is 0 Å². The average molecular weight is 379 g/mol. The summed E-state index contributed by atoms with van der Waals surface area (Å²) in [6.07, 6.45) is 2.08. The van der Waals surface area contributed by atoms with Crippen LogP contribution in [-0.4, -0.2) is 22.9 Å². The number of phenols is 1. The van der Waals surface area contributed by atoms with Gasteiger partial charge in [0.15, 0.2) is 0 Å². The molecular weight excluding hydrogens is 362 g/mol. The van der Waals surface area contributed by atoms with Crippen LogP contribution in [0.4, 0.5) is 0 Å². The lowest BCUT2D eigenvalue weighted by Gasteiger charge is -2.14. The predicted molar refractivity (Wildman–Crippen MR) is 80.3 cm³/mol. The molecule has 0 spiro atoms. The van der Waals surface area contributed by atoms with Crippen molar-refractivity contribution in [2.45, 2.75) is 19.8 Å². The maximum atomic E-state index is 11.9. The van der Waals surface area contributed by atoms with E-state index < -0.39 is 0 Å². The fraction of sp³-hybridized carbons (Fsp3) is 0.462. The van der Waals surface area contributed by atoms with Crippen LogP contribution < -0.4 is 5.32 Å². The van der Waals surface area contributed by atoms with E-state index in [9.17, 15) is 9.90 Å². The first-order valence-electron chi connectivity index (χ1n) is 5.91. The lowest BCUT2D eigenvalue weighted by atomic mass is 10.0. The van der Waals surface area contributed by atoms with Crippen LogP contribution in [0.1, 0.15) is 30.1 Å². The highest BCUT2D eigenvalue weighted by atomic mass is 79.9. The van der Waals surface area contributed by atoms with Crippen molar-refractivity contribution in [3.8, 4) is 5.75 Å². The highest BCUT2D eigenvalue weighted by Gasteiger charge is 2.11. The minimum Gasteiger partial charge on any atom is -0.507 e. The second kappa shape index (κ2) is 7.79. The summed E-state index contributed by atoms with van der Waals surface area (Å²) in [6, 6.07) is 4.81. The third-order valence-corrected chi connectivity index (χ3v) is 3.98. The Morgan fingerprint density at radius 2 is 2.22 bits per heavy atom. The van der Waals surface area contributed by atoms with Gasteiger partial charge in [-0.25, -0.2) is 0 Å². The van der Waals surface area contributed by atoms with E-state index in [1.165, 1.54) is 6.07 Å². The lowest BCUT2D eigenvalue weighted by molar-refractivity contribution is 0.0946. The van der Waals surface area contributed by atoms with E-state index in [1.54, 1.807) is 12.1 Å². The minimum absolute atomic E-state index is 0.0788. The third kappa shape index (κ3) is 4.61. The number of hydrogen-bond donors (Lipinski definition) is 2. The SMILES string of the molecule is CCC(CCBr)CNC(=O)c1ccc(Br)c(O)c1. The molecule has 1 unspecified atom stereocenters. The largest absolute Gasteiger partial charge is 0.507 e. The van der Waals surface area contributed by atoms with Crippen LogP contribution in [0.25, 0.3) is 0 Å². The van der Waals surface area contributed by atoms with E-state index in [2.05, 4.69) is 44.1 Å². The number of benzene rings is 1. The van der Waals surface area contributed by atoms with Crippen LogP contribution in [0.2, 0.25) is 0 Å². The second-order valence-corrected chi connectivity index (χ2v) is 5.78. The Morgan fingerprint density at radius 1 is 1.50 bits per heavy atom. The molecule has 0 aliphatic carbocycles. The molecular formula is C13H17Br2NO2. The summed E-state index contributed by atoms with van der Waals surface area (Å²) >= 11 is 6.59. The molecule has 1 rings (SSSR count). The Balaban J connectivity index is 2.57. The highest BCUT2D eigenvalue weighted by molar-refractivity contribution is 9.10. The Bertz CT molecular complexity index is 410. The number of rotatable bonds is 6. The molecule has 1 atom stereocenters. The van der Waals surface area contributed by atoms with Crippen LogP contribution in [0, 0.1) is 5.92 Å². The Labute approximate surface area is 124 Å². The van der Waals surface area contributed by atoms with Crippen molar-refractivity contribution in [1.29, 1.82) is 0 Å².